The van der Waals surface area contributed by atoms with Crippen LogP contribution in [0.25, 0.3) is 0 Å². The molecule has 0 amide bonds. The maximum Gasteiger partial charge on any atom is 0.150 e. The molecule has 2 fully saturated rings. The third-order valence-corrected chi connectivity index (χ3v) is 6.31. The van der Waals surface area contributed by atoms with Crippen LogP contribution in [0.1, 0.15) is 36.9 Å². The summed E-state index contributed by atoms with van der Waals surface area (Å²) < 4.78 is 0. The molecule has 1 aromatic heterocycles. The van der Waals surface area contributed by atoms with Crippen molar-refractivity contribution in [1.82, 2.24) is 14.9 Å². The number of imidazole rings is 1. The summed E-state index contributed by atoms with van der Waals surface area (Å²) in [6.45, 7) is 2.35. The van der Waals surface area contributed by atoms with Gasteiger partial charge in [0.2, 0.25) is 0 Å². The van der Waals surface area contributed by atoms with Crippen molar-refractivity contribution in [2.24, 2.45) is 11.8 Å². The molecule has 1 aliphatic heterocycles. The first-order valence-corrected chi connectivity index (χ1v) is 9.63. The number of nitrogens with one attached hydrogen (secondary N) is 1. The maximum absolute atomic E-state index is 6.10. The Bertz CT molecular complexity index is 654. The van der Waals surface area contributed by atoms with Crippen molar-refractivity contribution >= 4 is 11.6 Å². The smallest absolute Gasteiger partial charge is 0.150 e. The summed E-state index contributed by atoms with van der Waals surface area (Å²) in [6, 6.07) is 11.8. The summed E-state index contributed by atoms with van der Waals surface area (Å²) in [4.78, 5) is 9.95. The lowest BCUT2D eigenvalue weighted by Crippen LogP contribution is -2.38. The fourth-order valence-electron chi connectivity index (χ4n) is 4.78. The van der Waals surface area contributed by atoms with Crippen LogP contribution in [0.15, 0.2) is 36.7 Å². The van der Waals surface area contributed by atoms with Crippen LogP contribution >= 0.6 is 11.6 Å². The van der Waals surface area contributed by atoms with E-state index in [0.717, 1.165) is 36.5 Å². The van der Waals surface area contributed by atoms with Gasteiger partial charge >= 0.3 is 0 Å². The monoisotopic (exact) mass is 343 g/mol. The first-order valence-electron chi connectivity index (χ1n) is 9.25. The van der Waals surface area contributed by atoms with Gasteiger partial charge in [0, 0.05) is 19.0 Å². The van der Waals surface area contributed by atoms with Crippen LogP contribution in [0, 0.1) is 11.8 Å². The molecule has 0 bridgehead atoms. The molecule has 4 rings (SSSR count). The van der Waals surface area contributed by atoms with Crippen molar-refractivity contribution in [2.75, 3.05) is 13.1 Å². The number of aromatic amines is 1. The van der Waals surface area contributed by atoms with Crippen LogP contribution in [0.2, 0.25) is 5.15 Å². The normalized spacial score (nSPS) is 27.3. The molecule has 0 unspecified atom stereocenters. The number of rotatable bonds is 5. The van der Waals surface area contributed by atoms with Crippen molar-refractivity contribution in [3.8, 4) is 0 Å². The Morgan fingerprint density at radius 3 is 2.83 bits per heavy atom. The Labute approximate surface area is 149 Å². The van der Waals surface area contributed by atoms with Gasteiger partial charge in [-0.05, 0) is 56.0 Å². The first-order chi connectivity index (χ1) is 11.8. The zero-order chi connectivity index (χ0) is 16.4. The molecule has 0 radical (unpaired) electrons. The Morgan fingerprint density at radius 2 is 2.04 bits per heavy atom. The minimum absolute atomic E-state index is 0.636. The molecule has 1 aliphatic carbocycles. The molecule has 1 N–H and O–H groups in total. The van der Waals surface area contributed by atoms with Crippen molar-refractivity contribution < 1.29 is 0 Å². The van der Waals surface area contributed by atoms with Crippen LogP contribution in [0.3, 0.4) is 0 Å². The predicted octanol–water partition coefficient (Wildman–Crippen LogP) is 4.34. The first kappa shape index (κ1) is 16.2. The molecule has 2 aromatic rings. The molecular weight excluding hydrogens is 318 g/mol. The number of hydrogen-bond acceptors (Lipinski definition) is 2. The number of halogens is 1. The van der Waals surface area contributed by atoms with Crippen molar-refractivity contribution in [3.05, 3.63) is 53.1 Å². The summed E-state index contributed by atoms with van der Waals surface area (Å²) >= 11 is 6.10. The highest BCUT2D eigenvalue weighted by atomic mass is 35.5. The van der Waals surface area contributed by atoms with Crippen molar-refractivity contribution in [2.45, 2.75) is 44.6 Å². The largest absolute Gasteiger partial charge is 0.347 e. The molecule has 24 heavy (non-hydrogen) atoms. The molecule has 3 atom stereocenters. The third kappa shape index (κ3) is 3.52. The molecule has 3 nitrogen and oxygen atoms in total. The van der Waals surface area contributed by atoms with Gasteiger partial charge in [-0.1, -0.05) is 41.9 Å². The number of H-pyrrole nitrogens is 1. The lowest BCUT2D eigenvalue weighted by molar-refractivity contribution is 0.152. The Kier molecular flexibility index (Phi) is 4.91. The van der Waals surface area contributed by atoms with E-state index in [-0.39, 0.29) is 0 Å². The minimum atomic E-state index is 0.636. The van der Waals surface area contributed by atoms with E-state index in [1.54, 1.807) is 6.33 Å². The number of fused-ring (bicyclic) bond motifs is 1. The molecule has 1 saturated heterocycles. The van der Waals surface area contributed by atoms with Gasteiger partial charge in [0.15, 0.2) is 0 Å². The fourth-order valence-corrected chi connectivity index (χ4v) is 4.98. The molecule has 1 saturated carbocycles. The lowest BCUT2D eigenvalue weighted by atomic mass is 9.76. The maximum atomic E-state index is 6.10. The van der Waals surface area contributed by atoms with E-state index in [9.17, 15) is 0 Å². The second kappa shape index (κ2) is 7.28. The molecule has 2 heterocycles. The molecule has 4 heteroatoms. The highest BCUT2D eigenvalue weighted by Gasteiger charge is 2.38. The standard InChI is InChI=1S/C20H26ClN3/c21-20-18(22-14-23-20)9-11-24-10-8-17-13-16(6-7-19(17)24)12-15-4-2-1-3-5-15/h1-5,14,16-17,19H,6-13H2,(H,22,23)/t16-,17+,19-/m1/s1. The molecule has 0 spiro atoms. The lowest BCUT2D eigenvalue weighted by Gasteiger charge is -2.36. The quantitative estimate of drug-likeness (QED) is 0.875. The number of aromatic nitrogens is 2. The van der Waals surface area contributed by atoms with Gasteiger partial charge in [-0.15, -0.1) is 0 Å². The minimum Gasteiger partial charge on any atom is -0.347 e. The average Bonchev–Trinajstić information content (AvgIpc) is 3.19. The van der Waals surface area contributed by atoms with E-state index in [0.29, 0.717) is 5.15 Å². The summed E-state index contributed by atoms with van der Waals surface area (Å²) in [5.41, 5.74) is 2.59. The Hall–Kier alpha value is -1.32. The number of benzene rings is 1. The van der Waals surface area contributed by atoms with Crippen LogP contribution in [-0.4, -0.2) is 34.0 Å². The topological polar surface area (TPSA) is 31.9 Å². The van der Waals surface area contributed by atoms with E-state index >= 15 is 0 Å². The van der Waals surface area contributed by atoms with Crippen molar-refractivity contribution in [1.29, 1.82) is 0 Å². The summed E-state index contributed by atoms with van der Waals surface area (Å²) in [6.07, 6.45) is 9.44. The summed E-state index contributed by atoms with van der Waals surface area (Å²) in [5, 5.41) is 0.636. The summed E-state index contributed by atoms with van der Waals surface area (Å²) in [5.74, 6) is 1.76. The van der Waals surface area contributed by atoms with Crippen molar-refractivity contribution in [3.63, 3.8) is 0 Å². The number of nitrogens with zero attached hydrogens (tertiary/aromatic N) is 2. The average molecular weight is 344 g/mol. The van der Waals surface area contributed by atoms with Gasteiger partial charge in [0.25, 0.3) is 0 Å². The highest BCUT2D eigenvalue weighted by Crippen LogP contribution is 2.40. The van der Waals surface area contributed by atoms with E-state index in [1.165, 1.54) is 44.2 Å². The van der Waals surface area contributed by atoms with Gasteiger partial charge < -0.3 is 4.98 Å². The zero-order valence-electron chi connectivity index (χ0n) is 14.1. The Balaban J connectivity index is 1.30. The van der Waals surface area contributed by atoms with E-state index in [4.69, 9.17) is 11.6 Å². The van der Waals surface area contributed by atoms with Crippen LogP contribution in [0.5, 0.6) is 0 Å². The van der Waals surface area contributed by atoms with Gasteiger partial charge in [0.05, 0.1) is 12.0 Å². The molecule has 1 aromatic carbocycles. The van der Waals surface area contributed by atoms with E-state index < -0.39 is 0 Å². The predicted molar refractivity (Wildman–Crippen MR) is 98.3 cm³/mol. The van der Waals surface area contributed by atoms with Crippen LogP contribution in [-0.2, 0) is 12.8 Å². The number of hydrogen-bond donors (Lipinski definition) is 1. The van der Waals surface area contributed by atoms with Crippen LogP contribution < -0.4 is 0 Å². The molecule has 128 valence electrons. The fraction of sp³-hybridized carbons (Fsp3) is 0.550. The highest BCUT2D eigenvalue weighted by molar-refractivity contribution is 6.30. The van der Waals surface area contributed by atoms with E-state index in [2.05, 4.69) is 45.2 Å². The van der Waals surface area contributed by atoms with Crippen LogP contribution in [0.4, 0.5) is 0 Å². The number of likely N-dealkylation sites (tertiary alicyclic amines) is 1. The van der Waals surface area contributed by atoms with Gasteiger partial charge in [-0.2, -0.15) is 0 Å². The summed E-state index contributed by atoms with van der Waals surface area (Å²) in [7, 11) is 0. The Morgan fingerprint density at radius 1 is 1.17 bits per heavy atom. The second-order valence-corrected chi connectivity index (χ2v) is 7.80. The van der Waals surface area contributed by atoms with Gasteiger partial charge in [-0.3, -0.25) is 4.90 Å². The zero-order valence-corrected chi connectivity index (χ0v) is 14.9. The van der Waals surface area contributed by atoms with E-state index in [1.807, 2.05) is 0 Å². The second-order valence-electron chi connectivity index (χ2n) is 7.44. The molecular formula is C20H26ClN3. The van der Waals surface area contributed by atoms with Gasteiger partial charge in [-0.25, -0.2) is 4.98 Å². The third-order valence-electron chi connectivity index (χ3n) is 5.99. The SMILES string of the molecule is Clc1nc[nH]c1CCN1CC[C@H]2C[C@@H](Cc3ccccc3)CC[C@H]21. The van der Waals surface area contributed by atoms with Gasteiger partial charge in [0.1, 0.15) is 5.15 Å². The molecule has 2 aliphatic rings.